The van der Waals surface area contributed by atoms with Crippen molar-refractivity contribution in [2.24, 2.45) is 5.41 Å². The third kappa shape index (κ3) is 4.65. The maximum absolute atomic E-state index is 11.7. The van der Waals surface area contributed by atoms with Gasteiger partial charge >= 0.3 is 5.97 Å². The van der Waals surface area contributed by atoms with Crippen LogP contribution in [0.15, 0.2) is 0 Å². The van der Waals surface area contributed by atoms with Gasteiger partial charge in [0.15, 0.2) is 0 Å². The molecule has 0 aromatic rings. The van der Waals surface area contributed by atoms with Crippen LogP contribution in [0.25, 0.3) is 0 Å². The molecule has 0 spiro atoms. The fraction of sp³-hybridized carbons (Fsp3) is 0.917. The second-order valence-electron chi connectivity index (χ2n) is 5.82. The van der Waals surface area contributed by atoms with Crippen molar-refractivity contribution >= 4 is 5.97 Å². The lowest BCUT2D eigenvalue weighted by Gasteiger charge is -2.34. The number of carbonyl (C=O) groups is 1. The number of esters is 1. The zero-order chi connectivity index (χ0) is 11.5. The molecule has 1 N–H and O–H groups in total. The molecule has 0 amide bonds. The Balaban J connectivity index is 2.42. The van der Waals surface area contributed by atoms with Crippen molar-refractivity contribution in [2.75, 3.05) is 13.1 Å². The number of nitrogens with one attached hydrogen (secondary N) is 1. The molecular weight excluding hydrogens is 190 g/mol. The number of piperidine rings is 1. The summed E-state index contributed by atoms with van der Waals surface area (Å²) in [4.78, 5) is 11.7. The molecule has 1 saturated heterocycles. The van der Waals surface area contributed by atoms with Crippen LogP contribution in [-0.4, -0.2) is 24.7 Å². The van der Waals surface area contributed by atoms with E-state index in [4.69, 9.17) is 4.74 Å². The van der Waals surface area contributed by atoms with E-state index >= 15 is 0 Å². The minimum absolute atomic E-state index is 0.0631. The molecule has 3 heteroatoms. The lowest BCUT2D eigenvalue weighted by atomic mass is 9.78. The van der Waals surface area contributed by atoms with Crippen LogP contribution in [0.1, 0.15) is 47.0 Å². The molecule has 3 nitrogen and oxygen atoms in total. The van der Waals surface area contributed by atoms with Crippen molar-refractivity contribution in [3.63, 3.8) is 0 Å². The van der Waals surface area contributed by atoms with E-state index in [9.17, 15) is 4.79 Å². The highest BCUT2D eigenvalue weighted by Crippen LogP contribution is 2.32. The van der Waals surface area contributed by atoms with Crippen LogP contribution in [-0.2, 0) is 9.53 Å². The Morgan fingerprint density at radius 2 is 1.87 bits per heavy atom. The molecule has 0 aromatic carbocycles. The predicted molar refractivity (Wildman–Crippen MR) is 60.7 cm³/mol. The van der Waals surface area contributed by atoms with E-state index in [0.717, 1.165) is 25.9 Å². The van der Waals surface area contributed by atoms with Gasteiger partial charge in [0, 0.05) is 0 Å². The second-order valence-corrected chi connectivity index (χ2v) is 5.82. The normalized spacial score (nSPS) is 21.1. The van der Waals surface area contributed by atoms with E-state index in [0.29, 0.717) is 6.42 Å². The summed E-state index contributed by atoms with van der Waals surface area (Å²) in [5.74, 6) is -0.0631. The maximum atomic E-state index is 11.7. The molecule has 1 aliphatic rings. The van der Waals surface area contributed by atoms with Crippen molar-refractivity contribution in [1.29, 1.82) is 0 Å². The van der Waals surface area contributed by atoms with Crippen LogP contribution in [0.2, 0.25) is 0 Å². The van der Waals surface area contributed by atoms with E-state index < -0.39 is 0 Å². The quantitative estimate of drug-likeness (QED) is 0.714. The van der Waals surface area contributed by atoms with E-state index in [-0.39, 0.29) is 17.0 Å². The number of ether oxygens (including phenoxy) is 1. The monoisotopic (exact) mass is 213 g/mol. The fourth-order valence-electron chi connectivity index (χ4n) is 1.93. The van der Waals surface area contributed by atoms with Gasteiger partial charge in [0.05, 0.1) is 6.42 Å². The van der Waals surface area contributed by atoms with Crippen LogP contribution in [0.5, 0.6) is 0 Å². The van der Waals surface area contributed by atoms with Crippen LogP contribution in [0.4, 0.5) is 0 Å². The molecule has 0 aromatic heterocycles. The van der Waals surface area contributed by atoms with E-state index in [1.54, 1.807) is 0 Å². The third-order valence-electron chi connectivity index (χ3n) is 2.80. The number of carbonyl (C=O) groups excluding carboxylic acids is 1. The first kappa shape index (κ1) is 12.5. The van der Waals surface area contributed by atoms with Crippen LogP contribution in [0.3, 0.4) is 0 Å². The van der Waals surface area contributed by atoms with Gasteiger partial charge in [-0.25, -0.2) is 0 Å². The van der Waals surface area contributed by atoms with Gasteiger partial charge in [-0.1, -0.05) is 6.92 Å². The van der Waals surface area contributed by atoms with Gasteiger partial charge < -0.3 is 10.1 Å². The van der Waals surface area contributed by atoms with Gasteiger partial charge in [-0.3, -0.25) is 4.79 Å². The lowest BCUT2D eigenvalue weighted by molar-refractivity contribution is -0.157. The Morgan fingerprint density at radius 1 is 1.33 bits per heavy atom. The van der Waals surface area contributed by atoms with E-state index in [1.165, 1.54) is 0 Å². The van der Waals surface area contributed by atoms with Crippen molar-refractivity contribution in [3.05, 3.63) is 0 Å². The summed E-state index contributed by atoms with van der Waals surface area (Å²) >= 11 is 0. The number of hydrogen-bond donors (Lipinski definition) is 1. The van der Waals surface area contributed by atoms with Gasteiger partial charge in [0.25, 0.3) is 0 Å². The number of hydrogen-bond acceptors (Lipinski definition) is 3. The highest BCUT2D eigenvalue weighted by Gasteiger charge is 2.31. The van der Waals surface area contributed by atoms with Crippen LogP contribution < -0.4 is 5.32 Å². The average Bonchev–Trinajstić information content (AvgIpc) is 1.99. The van der Waals surface area contributed by atoms with Gasteiger partial charge in [-0.2, -0.15) is 0 Å². The molecule has 1 fully saturated rings. The largest absolute Gasteiger partial charge is 0.460 e. The smallest absolute Gasteiger partial charge is 0.306 e. The Labute approximate surface area is 92.6 Å². The third-order valence-corrected chi connectivity index (χ3v) is 2.80. The number of rotatable bonds is 2. The first-order valence-corrected chi connectivity index (χ1v) is 5.73. The molecule has 0 aliphatic carbocycles. The highest BCUT2D eigenvalue weighted by molar-refractivity contribution is 5.70. The standard InChI is InChI=1S/C12H23NO2/c1-11(2,3)15-10(14)9-12(4)5-7-13-8-6-12/h13H,5-9H2,1-4H3. The molecule has 0 saturated carbocycles. The Bertz CT molecular complexity index is 224. The molecule has 1 aliphatic heterocycles. The summed E-state index contributed by atoms with van der Waals surface area (Å²) in [6.45, 7) is 9.94. The average molecular weight is 213 g/mol. The highest BCUT2D eigenvalue weighted by atomic mass is 16.6. The van der Waals surface area contributed by atoms with Crippen LogP contribution in [0, 0.1) is 5.41 Å². The molecule has 0 bridgehead atoms. The Hall–Kier alpha value is -0.570. The minimum Gasteiger partial charge on any atom is -0.460 e. The summed E-state index contributed by atoms with van der Waals surface area (Å²) in [5, 5.41) is 3.31. The Morgan fingerprint density at radius 3 is 2.33 bits per heavy atom. The predicted octanol–water partition coefficient (Wildman–Crippen LogP) is 2.11. The zero-order valence-corrected chi connectivity index (χ0v) is 10.4. The topological polar surface area (TPSA) is 38.3 Å². The molecule has 1 rings (SSSR count). The SMILES string of the molecule is CC1(CC(=O)OC(C)(C)C)CCNCC1. The first-order valence-electron chi connectivity index (χ1n) is 5.73. The molecule has 88 valence electrons. The lowest BCUT2D eigenvalue weighted by Crippen LogP contribution is -2.37. The molecule has 0 radical (unpaired) electrons. The summed E-state index contributed by atoms with van der Waals surface area (Å²) in [6, 6.07) is 0. The summed E-state index contributed by atoms with van der Waals surface area (Å²) in [7, 11) is 0. The van der Waals surface area contributed by atoms with Gasteiger partial charge in [0.2, 0.25) is 0 Å². The maximum Gasteiger partial charge on any atom is 0.306 e. The molecule has 15 heavy (non-hydrogen) atoms. The second kappa shape index (κ2) is 4.52. The minimum atomic E-state index is -0.361. The van der Waals surface area contributed by atoms with Gasteiger partial charge in [0.1, 0.15) is 5.60 Å². The van der Waals surface area contributed by atoms with Gasteiger partial charge in [-0.05, 0) is 52.1 Å². The summed E-state index contributed by atoms with van der Waals surface area (Å²) in [6.07, 6.45) is 2.67. The Kier molecular flexibility index (Phi) is 3.77. The first-order chi connectivity index (χ1) is 6.81. The summed E-state index contributed by atoms with van der Waals surface area (Å²) < 4.78 is 5.35. The van der Waals surface area contributed by atoms with E-state index in [2.05, 4.69) is 12.2 Å². The molecule has 0 atom stereocenters. The van der Waals surface area contributed by atoms with Crippen molar-refractivity contribution < 1.29 is 9.53 Å². The van der Waals surface area contributed by atoms with Gasteiger partial charge in [-0.15, -0.1) is 0 Å². The fourth-order valence-corrected chi connectivity index (χ4v) is 1.93. The summed E-state index contributed by atoms with van der Waals surface area (Å²) in [5.41, 5.74) is -0.228. The van der Waals surface area contributed by atoms with Crippen molar-refractivity contribution in [2.45, 2.75) is 52.6 Å². The molecular formula is C12H23NO2. The molecule has 1 heterocycles. The van der Waals surface area contributed by atoms with Crippen molar-refractivity contribution in [3.8, 4) is 0 Å². The molecule has 0 unspecified atom stereocenters. The van der Waals surface area contributed by atoms with Crippen molar-refractivity contribution in [1.82, 2.24) is 5.32 Å². The zero-order valence-electron chi connectivity index (χ0n) is 10.4. The van der Waals surface area contributed by atoms with E-state index in [1.807, 2.05) is 20.8 Å². The van der Waals surface area contributed by atoms with Crippen LogP contribution >= 0.6 is 0 Å².